The lowest BCUT2D eigenvalue weighted by atomic mass is 10.1. The summed E-state index contributed by atoms with van der Waals surface area (Å²) in [5.74, 6) is 0.683. The van der Waals surface area contributed by atoms with Crippen LogP contribution in [-0.2, 0) is 19.6 Å². The van der Waals surface area contributed by atoms with Gasteiger partial charge in [0.15, 0.2) is 0 Å². The Labute approximate surface area is 154 Å². The highest BCUT2D eigenvalue weighted by Gasteiger charge is 2.32. The van der Waals surface area contributed by atoms with Crippen LogP contribution in [0.2, 0.25) is 0 Å². The molecule has 7 nitrogen and oxygen atoms in total. The van der Waals surface area contributed by atoms with Crippen molar-refractivity contribution >= 4 is 15.9 Å². The SMILES string of the molecule is CCOc1ccc(S(=O)(=O)NC2CCN(C(=O)C3CCCO3)CC2)cc1. The zero-order valence-corrected chi connectivity index (χ0v) is 15.8. The number of piperidine rings is 1. The second-order valence-electron chi connectivity index (χ2n) is 6.63. The van der Waals surface area contributed by atoms with Crippen LogP contribution in [0.4, 0.5) is 0 Å². The molecule has 2 aliphatic heterocycles. The fourth-order valence-electron chi connectivity index (χ4n) is 3.36. The van der Waals surface area contributed by atoms with E-state index in [-0.39, 0.29) is 22.9 Å². The van der Waals surface area contributed by atoms with Crippen LogP contribution in [0.3, 0.4) is 0 Å². The van der Waals surface area contributed by atoms with E-state index in [9.17, 15) is 13.2 Å². The summed E-state index contributed by atoms with van der Waals surface area (Å²) in [6.45, 7) is 4.16. The van der Waals surface area contributed by atoms with Crippen LogP contribution in [0.25, 0.3) is 0 Å². The molecular formula is C18H26N2O5S. The van der Waals surface area contributed by atoms with Crippen LogP contribution in [0.15, 0.2) is 29.2 Å². The highest BCUT2D eigenvalue weighted by atomic mass is 32.2. The number of ether oxygens (including phenoxy) is 2. The van der Waals surface area contributed by atoms with Crippen LogP contribution < -0.4 is 9.46 Å². The molecule has 26 heavy (non-hydrogen) atoms. The quantitative estimate of drug-likeness (QED) is 0.807. The van der Waals surface area contributed by atoms with E-state index < -0.39 is 10.0 Å². The van der Waals surface area contributed by atoms with Gasteiger partial charge in [-0.3, -0.25) is 4.79 Å². The molecule has 1 unspecified atom stereocenters. The molecule has 1 aromatic carbocycles. The van der Waals surface area contributed by atoms with Gasteiger partial charge in [-0.05, 0) is 56.9 Å². The van der Waals surface area contributed by atoms with Crippen molar-refractivity contribution in [1.29, 1.82) is 0 Å². The summed E-state index contributed by atoms with van der Waals surface area (Å²) in [7, 11) is -3.58. The van der Waals surface area contributed by atoms with E-state index >= 15 is 0 Å². The van der Waals surface area contributed by atoms with Gasteiger partial charge in [0.2, 0.25) is 10.0 Å². The first-order valence-electron chi connectivity index (χ1n) is 9.15. The van der Waals surface area contributed by atoms with Crippen molar-refractivity contribution in [3.05, 3.63) is 24.3 Å². The second-order valence-corrected chi connectivity index (χ2v) is 8.34. The number of rotatable bonds is 6. The minimum absolute atomic E-state index is 0.0373. The zero-order chi connectivity index (χ0) is 18.6. The summed E-state index contributed by atoms with van der Waals surface area (Å²) >= 11 is 0. The predicted octanol–water partition coefficient (Wildman–Crippen LogP) is 1.53. The van der Waals surface area contributed by atoms with Gasteiger partial charge in [0.1, 0.15) is 11.9 Å². The number of nitrogens with one attached hydrogen (secondary N) is 1. The molecule has 144 valence electrons. The Kier molecular flexibility index (Phi) is 6.16. The van der Waals surface area contributed by atoms with E-state index in [1.165, 1.54) is 0 Å². The van der Waals surface area contributed by atoms with Crippen molar-refractivity contribution in [2.75, 3.05) is 26.3 Å². The van der Waals surface area contributed by atoms with Crippen LogP contribution in [0, 0.1) is 0 Å². The lowest BCUT2D eigenvalue weighted by Crippen LogP contribution is -2.49. The molecule has 0 bridgehead atoms. The van der Waals surface area contributed by atoms with Crippen molar-refractivity contribution in [1.82, 2.24) is 9.62 Å². The molecular weight excluding hydrogens is 356 g/mol. The van der Waals surface area contributed by atoms with Crippen LogP contribution in [0.1, 0.15) is 32.6 Å². The highest BCUT2D eigenvalue weighted by Crippen LogP contribution is 2.20. The standard InChI is InChI=1S/C18H26N2O5S/c1-2-24-15-5-7-16(8-6-15)26(22,23)19-14-9-11-20(12-10-14)18(21)17-4-3-13-25-17/h5-8,14,17,19H,2-4,9-13H2,1H3. The molecule has 1 aromatic rings. The van der Waals surface area contributed by atoms with Crippen molar-refractivity contribution in [3.63, 3.8) is 0 Å². The van der Waals surface area contributed by atoms with Gasteiger partial charge >= 0.3 is 0 Å². The molecule has 2 heterocycles. The number of carbonyl (C=O) groups is 1. The number of hydrogen-bond donors (Lipinski definition) is 1. The third-order valence-electron chi connectivity index (χ3n) is 4.78. The normalized spacial score (nSPS) is 21.7. The maximum Gasteiger partial charge on any atom is 0.251 e. The second kappa shape index (κ2) is 8.37. The smallest absolute Gasteiger partial charge is 0.251 e. The molecule has 1 atom stereocenters. The lowest BCUT2D eigenvalue weighted by Gasteiger charge is -2.33. The number of amides is 1. The molecule has 8 heteroatoms. The number of hydrogen-bond acceptors (Lipinski definition) is 5. The number of likely N-dealkylation sites (tertiary alicyclic amines) is 1. The topological polar surface area (TPSA) is 84.9 Å². The van der Waals surface area contributed by atoms with Gasteiger partial charge in [-0.2, -0.15) is 0 Å². The zero-order valence-electron chi connectivity index (χ0n) is 15.0. The molecule has 0 aromatic heterocycles. The van der Waals surface area contributed by atoms with Crippen LogP contribution >= 0.6 is 0 Å². The third kappa shape index (κ3) is 4.55. The van der Waals surface area contributed by atoms with E-state index in [2.05, 4.69) is 4.72 Å². The first kappa shape index (κ1) is 19.1. The molecule has 2 aliphatic rings. The summed E-state index contributed by atoms with van der Waals surface area (Å²) < 4.78 is 38.6. The van der Waals surface area contributed by atoms with E-state index in [0.717, 1.165) is 12.8 Å². The monoisotopic (exact) mass is 382 g/mol. The summed E-state index contributed by atoms with van der Waals surface area (Å²) in [4.78, 5) is 14.4. The molecule has 0 radical (unpaired) electrons. The average Bonchev–Trinajstić information content (AvgIpc) is 3.17. The maximum absolute atomic E-state index is 12.5. The fourth-order valence-corrected chi connectivity index (χ4v) is 4.67. The molecule has 1 N–H and O–H groups in total. The molecule has 1 amide bonds. The Morgan fingerprint density at radius 2 is 1.92 bits per heavy atom. The van der Waals surface area contributed by atoms with Crippen LogP contribution in [-0.4, -0.2) is 57.7 Å². The fraction of sp³-hybridized carbons (Fsp3) is 0.611. The maximum atomic E-state index is 12.5. The molecule has 3 rings (SSSR count). The minimum Gasteiger partial charge on any atom is -0.494 e. The number of benzene rings is 1. The van der Waals surface area contributed by atoms with E-state index in [0.29, 0.717) is 44.9 Å². The van der Waals surface area contributed by atoms with Gasteiger partial charge in [0, 0.05) is 25.7 Å². The summed E-state index contributed by atoms with van der Waals surface area (Å²) in [5, 5.41) is 0. The Morgan fingerprint density at radius 3 is 2.50 bits per heavy atom. The molecule has 0 saturated carbocycles. The third-order valence-corrected chi connectivity index (χ3v) is 6.32. The number of sulfonamides is 1. The number of carbonyl (C=O) groups excluding carboxylic acids is 1. The van der Waals surface area contributed by atoms with Crippen molar-refractivity contribution in [2.45, 2.75) is 49.6 Å². The summed E-state index contributed by atoms with van der Waals surface area (Å²) in [6, 6.07) is 6.23. The van der Waals surface area contributed by atoms with Gasteiger partial charge in [-0.1, -0.05) is 0 Å². The highest BCUT2D eigenvalue weighted by molar-refractivity contribution is 7.89. The Bertz CT molecular complexity index is 706. The van der Waals surface area contributed by atoms with E-state index in [1.54, 1.807) is 29.2 Å². The Morgan fingerprint density at radius 1 is 1.23 bits per heavy atom. The minimum atomic E-state index is -3.58. The largest absolute Gasteiger partial charge is 0.494 e. The van der Waals surface area contributed by atoms with Gasteiger partial charge in [-0.25, -0.2) is 13.1 Å². The van der Waals surface area contributed by atoms with Gasteiger partial charge < -0.3 is 14.4 Å². The van der Waals surface area contributed by atoms with Crippen LogP contribution in [0.5, 0.6) is 5.75 Å². The average molecular weight is 382 g/mol. The molecule has 2 saturated heterocycles. The van der Waals surface area contributed by atoms with Gasteiger partial charge in [0.05, 0.1) is 11.5 Å². The van der Waals surface area contributed by atoms with Gasteiger partial charge in [0.25, 0.3) is 5.91 Å². The van der Waals surface area contributed by atoms with Crippen molar-refractivity contribution in [2.24, 2.45) is 0 Å². The first-order valence-corrected chi connectivity index (χ1v) is 10.6. The van der Waals surface area contributed by atoms with Crippen molar-refractivity contribution < 1.29 is 22.7 Å². The van der Waals surface area contributed by atoms with Crippen molar-refractivity contribution in [3.8, 4) is 5.75 Å². The van der Waals surface area contributed by atoms with E-state index in [1.807, 2.05) is 6.92 Å². The Balaban J connectivity index is 1.53. The molecule has 0 aliphatic carbocycles. The molecule has 0 spiro atoms. The summed E-state index contributed by atoms with van der Waals surface area (Å²) in [6.07, 6.45) is 2.61. The lowest BCUT2D eigenvalue weighted by molar-refractivity contribution is -0.142. The summed E-state index contributed by atoms with van der Waals surface area (Å²) in [5.41, 5.74) is 0. The number of nitrogens with zero attached hydrogens (tertiary/aromatic N) is 1. The molecule has 2 fully saturated rings. The first-order chi connectivity index (χ1) is 12.5. The predicted molar refractivity (Wildman–Crippen MR) is 96.5 cm³/mol. The Hall–Kier alpha value is -1.64. The van der Waals surface area contributed by atoms with Gasteiger partial charge in [-0.15, -0.1) is 0 Å². The van der Waals surface area contributed by atoms with E-state index in [4.69, 9.17) is 9.47 Å².